The first kappa shape index (κ1) is 25.2. The van der Waals surface area contributed by atoms with Crippen LogP contribution in [-0.2, 0) is 35.1 Å². The highest BCUT2D eigenvalue weighted by atomic mass is 35.5. The van der Waals surface area contributed by atoms with Gasteiger partial charge >= 0.3 is 5.97 Å². The van der Waals surface area contributed by atoms with Crippen LogP contribution < -0.4 is 5.32 Å². The summed E-state index contributed by atoms with van der Waals surface area (Å²) in [5.41, 5.74) is 3.26. The Morgan fingerprint density at radius 2 is 1.94 bits per heavy atom. The molecule has 1 N–H and O–H groups in total. The molecule has 1 aliphatic heterocycles. The van der Waals surface area contributed by atoms with Gasteiger partial charge in [0.1, 0.15) is 0 Å². The number of carbonyl (C=O) groups excluding carboxylic acids is 1. The van der Waals surface area contributed by atoms with Crippen molar-refractivity contribution in [3.63, 3.8) is 0 Å². The molecule has 10 heteroatoms. The molecule has 0 atom stereocenters. The Hall–Kier alpha value is -2.04. The van der Waals surface area contributed by atoms with Gasteiger partial charge < -0.3 is 10.1 Å². The van der Waals surface area contributed by atoms with E-state index in [2.05, 4.69) is 32.1 Å². The summed E-state index contributed by atoms with van der Waals surface area (Å²) in [6, 6.07) is 11.6. The molecule has 8 nitrogen and oxygen atoms in total. The normalized spacial score (nSPS) is 14.4. The number of halogens is 1. The van der Waals surface area contributed by atoms with Crippen molar-refractivity contribution in [3.8, 4) is 0 Å². The minimum atomic E-state index is -2.74. The van der Waals surface area contributed by atoms with E-state index < -0.39 is 16.9 Å². The fraction of sp³-hybridized carbons (Fsp3) is 0.429. The number of nitrogens with one attached hydrogen (secondary N) is 1. The zero-order chi connectivity index (χ0) is 21.3. The molecule has 1 aromatic carbocycles. The van der Waals surface area contributed by atoms with E-state index in [9.17, 15) is 13.2 Å². The van der Waals surface area contributed by atoms with Crippen LogP contribution in [0.5, 0.6) is 0 Å². The van der Waals surface area contributed by atoms with Crippen LogP contribution in [0.25, 0.3) is 0 Å². The first-order valence-corrected chi connectivity index (χ1v) is 11.1. The summed E-state index contributed by atoms with van der Waals surface area (Å²) in [6.07, 6.45) is 2.02. The number of nitrogens with zero attached hydrogens (tertiary/aromatic N) is 3. The number of hydrogen-bond donors (Lipinski definition) is 2. The molecule has 1 aliphatic rings. The highest BCUT2D eigenvalue weighted by molar-refractivity contribution is 7.69. The van der Waals surface area contributed by atoms with Gasteiger partial charge in [0.2, 0.25) is 10.9 Å². The summed E-state index contributed by atoms with van der Waals surface area (Å²) in [5.74, 6) is -0.471. The van der Waals surface area contributed by atoms with Crippen molar-refractivity contribution >= 4 is 29.3 Å². The zero-order valence-electron chi connectivity index (χ0n) is 17.5. The molecule has 0 amide bonds. The Bertz CT molecular complexity index is 910. The van der Waals surface area contributed by atoms with E-state index in [1.54, 1.807) is 12.1 Å². The number of hydrogen-bond acceptors (Lipinski definition) is 7. The summed E-state index contributed by atoms with van der Waals surface area (Å²) < 4.78 is 29.5. The molecule has 2 aromatic rings. The van der Waals surface area contributed by atoms with Gasteiger partial charge in [0, 0.05) is 45.5 Å². The van der Waals surface area contributed by atoms with Crippen molar-refractivity contribution in [3.05, 3.63) is 65.0 Å². The minimum absolute atomic E-state index is 0. The first-order chi connectivity index (χ1) is 14.5. The van der Waals surface area contributed by atoms with E-state index in [4.69, 9.17) is 0 Å². The maximum Gasteiger partial charge on any atom is 0.339 e. The largest absolute Gasteiger partial charge is 0.465 e. The molecule has 0 bridgehead atoms. The van der Waals surface area contributed by atoms with Gasteiger partial charge in [-0.25, -0.2) is 13.2 Å². The number of methoxy groups -OCH3 is 1. The number of ether oxygens (including phenoxy) is 1. The van der Waals surface area contributed by atoms with Crippen LogP contribution in [0.1, 0.15) is 27.2 Å². The molecule has 0 aliphatic carbocycles. The van der Waals surface area contributed by atoms with Gasteiger partial charge in [0.25, 0.3) is 0 Å². The molecule has 0 spiro atoms. The zero-order valence-corrected chi connectivity index (χ0v) is 19.2. The van der Waals surface area contributed by atoms with Crippen LogP contribution >= 0.6 is 12.4 Å². The average Bonchev–Trinajstić information content (AvgIpc) is 2.77. The fourth-order valence-corrected chi connectivity index (χ4v) is 3.95. The van der Waals surface area contributed by atoms with Gasteiger partial charge in [0.05, 0.1) is 24.9 Å². The predicted molar refractivity (Wildman–Crippen MR) is 122 cm³/mol. The van der Waals surface area contributed by atoms with E-state index in [-0.39, 0.29) is 19.0 Å². The highest BCUT2D eigenvalue weighted by Gasteiger charge is 2.13. The Morgan fingerprint density at radius 3 is 2.58 bits per heavy atom. The number of carbonyl (C=O) groups is 1. The van der Waals surface area contributed by atoms with Gasteiger partial charge in [-0.15, -0.1) is 12.4 Å². The summed E-state index contributed by atoms with van der Waals surface area (Å²) in [7, 11) is -1.44. The monoisotopic (exact) mass is 468 g/mol. The number of aromatic nitrogens is 1. The van der Waals surface area contributed by atoms with Gasteiger partial charge in [-0.1, -0.05) is 24.3 Å². The number of rotatable bonds is 9. The van der Waals surface area contributed by atoms with E-state index >= 15 is 0 Å². The molecule has 31 heavy (non-hydrogen) atoms. The van der Waals surface area contributed by atoms with E-state index in [1.165, 1.54) is 23.2 Å². The maximum absolute atomic E-state index is 11.7. The van der Waals surface area contributed by atoms with E-state index in [0.29, 0.717) is 24.2 Å². The lowest BCUT2D eigenvalue weighted by atomic mass is 10.1. The van der Waals surface area contributed by atoms with Crippen molar-refractivity contribution in [1.82, 2.24) is 19.5 Å². The van der Waals surface area contributed by atoms with Crippen molar-refractivity contribution in [1.29, 1.82) is 0 Å². The SMILES string of the molecule is COC(=O)c1ccc(CN(CCc2cccc(CN3CCNCC3)c2)[SH](=O)=O)nc1.Cl. The third kappa shape index (κ3) is 7.86. The predicted octanol–water partition coefficient (Wildman–Crippen LogP) is 1.27. The van der Waals surface area contributed by atoms with Crippen LogP contribution in [0.3, 0.4) is 0 Å². The smallest absolute Gasteiger partial charge is 0.339 e. The molecule has 2 heterocycles. The second-order valence-corrected chi connectivity index (χ2v) is 8.29. The van der Waals surface area contributed by atoms with Crippen molar-refractivity contribution in [2.45, 2.75) is 19.5 Å². The van der Waals surface area contributed by atoms with Crippen LogP contribution in [0.4, 0.5) is 0 Å². The van der Waals surface area contributed by atoms with Crippen LogP contribution in [0, 0.1) is 0 Å². The van der Waals surface area contributed by atoms with Crippen LogP contribution in [0.2, 0.25) is 0 Å². The molecular weight excluding hydrogens is 440 g/mol. The summed E-state index contributed by atoms with van der Waals surface area (Å²) in [4.78, 5) is 18.1. The molecule has 0 radical (unpaired) electrons. The molecule has 0 unspecified atom stereocenters. The Morgan fingerprint density at radius 1 is 1.19 bits per heavy atom. The topological polar surface area (TPSA) is 91.8 Å². The van der Waals surface area contributed by atoms with Crippen molar-refractivity contribution in [2.75, 3.05) is 39.8 Å². The molecule has 0 saturated carbocycles. The average molecular weight is 469 g/mol. The minimum Gasteiger partial charge on any atom is -0.465 e. The molecular formula is C21H29ClN4O4S. The lowest BCUT2D eigenvalue weighted by molar-refractivity contribution is 0.0600. The van der Waals surface area contributed by atoms with Gasteiger partial charge in [0.15, 0.2) is 0 Å². The lowest BCUT2D eigenvalue weighted by Crippen LogP contribution is -2.42. The fourth-order valence-electron chi connectivity index (χ4n) is 3.43. The second kappa shape index (κ2) is 12.7. The maximum atomic E-state index is 11.7. The summed E-state index contributed by atoms with van der Waals surface area (Å²) in [5, 5.41) is 3.35. The Kier molecular flexibility index (Phi) is 10.4. The van der Waals surface area contributed by atoms with Crippen molar-refractivity contribution in [2.24, 2.45) is 0 Å². The van der Waals surface area contributed by atoms with Gasteiger partial charge in [-0.3, -0.25) is 9.88 Å². The second-order valence-electron chi connectivity index (χ2n) is 7.25. The first-order valence-electron chi connectivity index (χ1n) is 9.98. The molecule has 170 valence electrons. The van der Waals surface area contributed by atoms with Crippen LogP contribution in [0.15, 0.2) is 42.6 Å². The number of pyridine rings is 1. The van der Waals surface area contributed by atoms with Gasteiger partial charge in [-0.2, -0.15) is 4.31 Å². The summed E-state index contributed by atoms with van der Waals surface area (Å²) >= 11 is 0. The highest BCUT2D eigenvalue weighted by Crippen LogP contribution is 2.12. The Balaban J connectivity index is 0.00000341. The Labute approximate surface area is 191 Å². The van der Waals surface area contributed by atoms with Crippen LogP contribution in [-0.4, -0.2) is 68.4 Å². The number of thiol groups is 1. The van der Waals surface area contributed by atoms with E-state index in [0.717, 1.165) is 38.3 Å². The van der Waals surface area contributed by atoms with Crippen molar-refractivity contribution < 1.29 is 17.9 Å². The molecule has 1 fully saturated rings. The lowest BCUT2D eigenvalue weighted by Gasteiger charge is -2.27. The number of benzene rings is 1. The third-order valence-electron chi connectivity index (χ3n) is 5.09. The molecule has 1 saturated heterocycles. The number of esters is 1. The standard InChI is InChI=1S/C21H28N4O4S.ClH/c1-29-21(26)19-5-6-20(23-14-19)16-25(30(27)28)10-7-17-3-2-4-18(13-17)15-24-11-8-22-9-12-24;/h2-6,13-14,22,30H,7-12,15-16H2,1H3;1H. The number of piperazine rings is 1. The molecule has 3 rings (SSSR count). The van der Waals surface area contributed by atoms with E-state index in [1.807, 2.05) is 12.1 Å². The third-order valence-corrected chi connectivity index (χ3v) is 5.89. The van der Waals surface area contributed by atoms with Gasteiger partial charge in [-0.05, 0) is 29.7 Å². The summed E-state index contributed by atoms with van der Waals surface area (Å²) in [6.45, 7) is 5.55. The molecule has 1 aromatic heterocycles. The quantitative estimate of drug-likeness (QED) is 0.423.